The van der Waals surface area contributed by atoms with Crippen LogP contribution in [0, 0.1) is 18.8 Å². The van der Waals surface area contributed by atoms with Crippen molar-refractivity contribution in [2.24, 2.45) is 11.8 Å². The quantitative estimate of drug-likeness (QED) is 0.694. The molecule has 5 heteroatoms. The number of carbonyl (C=O) groups is 2. The number of carbonyl (C=O) groups excluding carboxylic acids is 2. The summed E-state index contributed by atoms with van der Waals surface area (Å²) in [5.41, 5.74) is 2.24. The largest absolute Gasteiger partial charge is 0.469 e. The second kappa shape index (κ2) is 10.4. The number of aryl methyl sites for hydroxylation is 1. The molecular formula is C19H29NO3S. The second-order valence-electron chi connectivity index (χ2n) is 6.27. The zero-order valence-corrected chi connectivity index (χ0v) is 16.1. The number of amides is 1. The molecule has 1 aromatic rings. The summed E-state index contributed by atoms with van der Waals surface area (Å²) in [5, 5.41) is 2.85. The van der Waals surface area contributed by atoms with Crippen molar-refractivity contribution in [2.75, 3.05) is 19.4 Å². The van der Waals surface area contributed by atoms with E-state index in [9.17, 15) is 9.59 Å². The van der Waals surface area contributed by atoms with Gasteiger partial charge in [0.25, 0.3) is 0 Å². The number of methoxy groups -OCH3 is 1. The van der Waals surface area contributed by atoms with E-state index < -0.39 is 0 Å². The zero-order chi connectivity index (χ0) is 18.1. The Morgan fingerprint density at radius 2 is 1.83 bits per heavy atom. The maximum absolute atomic E-state index is 12.4. The summed E-state index contributed by atoms with van der Waals surface area (Å²) in [6.07, 6.45) is 0.556. The molecule has 1 amide bonds. The number of hydrogen-bond acceptors (Lipinski definition) is 4. The third-order valence-electron chi connectivity index (χ3n) is 3.87. The SMILES string of the molecule is CCSC(C(=O)NCC(Cc1ccc(C)cc1)C(=O)OC)C(C)C. The van der Waals surface area contributed by atoms with Crippen molar-refractivity contribution in [3.05, 3.63) is 35.4 Å². The maximum atomic E-state index is 12.4. The first kappa shape index (κ1) is 20.6. The molecule has 1 aromatic carbocycles. The minimum atomic E-state index is -0.374. The lowest BCUT2D eigenvalue weighted by atomic mass is 9.98. The number of esters is 1. The number of hydrogen-bond donors (Lipinski definition) is 1. The lowest BCUT2D eigenvalue weighted by molar-refractivity contribution is -0.145. The van der Waals surface area contributed by atoms with Crippen LogP contribution in [0.5, 0.6) is 0 Å². The average Bonchev–Trinajstić information content (AvgIpc) is 2.56. The number of thioether (sulfide) groups is 1. The fraction of sp³-hybridized carbons (Fsp3) is 0.579. The minimum Gasteiger partial charge on any atom is -0.469 e. The number of nitrogens with one attached hydrogen (secondary N) is 1. The van der Waals surface area contributed by atoms with Gasteiger partial charge < -0.3 is 10.1 Å². The molecule has 0 radical (unpaired) electrons. The van der Waals surface area contributed by atoms with E-state index in [0.29, 0.717) is 13.0 Å². The van der Waals surface area contributed by atoms with Crippen molar-refractivity contribution in [3.63, 3.8) is 0 Å². The predicted octanol–water partition coefficient (Wildman–Crippen LogP) is 3.22. The lowest BCUT2D eigenvalue weighted by Crippen LogP contribution is -2.41. The van der Waals surface area contributed by atoms with Crippen LogP contribution in [0.25, 0.3) is 0 Å². The second-order valence-corrected chi connectivity index (χ2v) is 7.69. The third-order valence-corrected chi connectivity index (χ3v) is 5.32. The van der Waals surface area contributed by atoms with Gasteiger partial charge in [0, 0.05) is 6.54 Å². The van der Waals surface area contributed by atoms with E-state index in [4.69, 9.17) is 4.74 Å². The fourth-order valence-corrected chi connectivity index (χ4v) is 3.47. The summed E-state index contributed by atoms with van der Waals surface area (Å²) in [5.74, 6) is 0.472. The average molecular weight is 352 g/mol. The van der Waals surface area contributed by atoms with Crippen LogP contribution in [0.15, 0.2) is 24.3 Å². The van der Waals surface area contributed by atoms with Crippen molar-refractivity contribution in [1.29, 1.82) is 0 Å². The van der Waals surface area contributed by atoms with Gasteiger partial charge in [0.2, 0.25) is 5.91 Å². The topological polar surface area (TPSA) is 55.4 Å². The van der Waals surface area contributed by atoms with Crippen LogP contribution in [0.3, 0.4) is 0 Å². The molecule has 2 atom stereocenters. The Balaban J connectivity index is 2.70. The molecule has 0 aliphatic carbocycles. The van der Waals surface area contributed by atoms with Crippen LogP contribution >= 0.6 is 11.8 Å². The molecule has 0 aromatic heterocycles. The Morgan fingerprint density at radius 3 is 2.33 bits per heavy atom. The van der Waals surface area contributed by atoms with E-state index in [1.165, 1.54) is 12.7 Å². The van der Waals surface area contributed by atoms with Crippen molar-refractivity contribution >= 4 is 23.6 Å². The molecule has 134 valence electrons. The summed E-state index contributed by atoms with van der Waals surface area (Å²) in [6, 6.07) is 8.07. The third kappa shape index (κ3) is 6.56. The van der Waals surface area contributed by atoms with Crippen LogP contribution in [0.1, 0.15) is 31.9 Å². The smallest absolute Gasteiger partial charge is 0.310 e. The highest BCUT2D eigenvalue weighted by atomic mass is 32.2. The molecule has 0 fully saturated rings. The van der Waals surface area contributed by atoms with Gasteiger partial charge in [-0.15, -0.1) is 11.8 Å². The molecule has 0 bridgehead atoms. The van der Waals surface area contributed by atoms with Gasteiger partial charge in [0.05, 0.1) is 18.3 Å². The first-order valence-electron chi connectivity index (χ1n) is 8.41. The molecule has 1 N–H and O–H groups in total. The highest BCUT2D eigenvalue weighted by molar-refractivity contribution is 8.00. The zero-order valence-electron chi connectivity index (χ0n) is 15.3. The summed E-state index contributed by atoms with van der Waals surface area (Å²) in [6.45, 7) is 8.45. The molecule has 0 spiro atoms. The molecule has 0 saturated carbocycles. The Hall–Kier alpha value is -1.49. The Morgan fingerprint density at radius 1 is 1.21 bits per heavy atom. The Kier molecular flexibility index (Phi) is 8.90. The lowest BCUT2D eigenvalue weighted by Gasteiger charge is -2.21. The van der Waals surface area contributed by atoms with Gasteiger partial charge in [-0.25, -0.2) is 0 Å². The van der Waals surface area contributed by atoms with Crippen molar-refractivity contribution in [3.8, 4) is 0 Å². The van der Waals surface area contributed by atoms with Crippen molar-refractivity contribution < 1.29 is 14.3 Å². The normalized spacial score (nSPS) is 13.4. The standard InChI is InChI=1S/C19H29NO3S/c1-6-24-17(13(2)3)18(21)20-12-16(19(22)23-5)11-15-9-7-14(4)8-10-15/h7-10,13,16-17H,6,11-12H2,1-5H3,(H,20,21). The highest BCUT2D eigenvalue weighted by Crippen LogP contribution is 2.19. The van der Waals surface area contributed by atoms with Gasteiger partial charge in [0.1, 0.15) is 0 Å². The van der Waals surface area contributed by atoms with E-state index in [2.05, 4.69) is 5.32 Å². The molecule has 0 saturated heterocycles. The summed E-state index contributed by atoms with van der Waals surface area (Å²) < 4.78 is 4.90. The van der Waals surface area contributed by atoms with Gasteiger partial charge in [-0.2, -0.15) is 0 Å². The van der Waals surface area contributed by atoms with Gasteiger partial charge in [-0.05, 0) is 30.6 Å². The molecule has 1 rings (SSSR count). The first-order chi connectivity index (χ1) is 11.4. The molecule has 0 aliphatic rings. The van der Waals surface area contributed by atoms with Crippen LogP contribution in [-0.2, 0) is 20.7 Å². The van der Waals surface area contributed by atoms with Crippen molar-refractivity contribution in [2.45, 2.75) is 39.4 Å². The van der Waals surface area contributed by atoms with Crippen LogP contribution in [0.4, 0.5) is 0 Å². The van der Waals surface area contributed by atoms with Gasteiger partial charge in [-0.1, -0.05) is 50.6 Å². The Labute approximate surface area is 149 Å². The predicted molar refractivity (Wildman–Crippen MR) is 100 cm³/mol. The fourth-order valence-electron chi connectivity index (χ4n) is 2.49. The van der Waals surface area contributed by atoms with E-state index >= 15 is 0 Å². The molecule has 0 aliphatic heterocycles. The molecule has 4 nitrogen and oxygen atoms in total. The molecular weight excluding hydrogens is 322 g/mol. The molecule has 2 unspecified atom stereocenters. The molecule has 0 heterocycles. The summed E-state index contributed by atoms with van der Waals surface area (Å²) >= 11 is 1.64. The first-order valence-corrected chi connectivity index (χ1v) is 9.46. The number of rotatable bonds is 9. The van der Waals surface area contributed by atoms with Gasteiger partial charge in [0.15, 0.2) is 0 Å². The van der Waals surface area contributed by atoms with Gasteiger partial charge >= 0.3 is 5.97 Å². The Bertz CT molecular complexity index is 528. The minimum absolute atomic E-state index is 0.00495. The van der Waals surface area contributed by atoms with Gasteiger partial charge in [-0.3, -0.25) is 9.59 Å². The summed E-state index contributed by atoms with van der Waals surface area (Å²) in [4.78, 5) is 24.4. The van der Waals surface area contributed by atoms with Crippen LogP contribution in [-0.4, -0.2) is 36.5 Å². The summed E-state index contributed by atoms with van der Waals surface area (Å²) in [7, 11) is 1.39. The van der Waals surface area contributed by atoms with E-state index in [-0.39, 0.29) is 29.0 Å². The van der Waals surface area contributed by atoms with Crippen LogP contribution < -0.4 is 5.32 Å². The van der Waals surface area contributed by atoms with E-state index in [1.807, 2.05) is 52.0 Å². The number of benzene rings is 1. The monoisotopic (exact) mass is 351 g/mol. The van der Waals surface area contributed by atoms with E-state index in [0.717, 1.165) is 11.3 Å². The highest BCUT2D eigenvalue weighted by Gasteiger charge is 2.25. The van der Waals surface area contributed by atoms with Crippen LogP contribution in [0.2, 0.25) is 0 Å². The van der Waals surface area contributed by atoms with Crippen molar-refractivity contribution in [1.82, 2.24) is 5.32 Å². The van der Waals surface area contributed by atoms with E-state index in [1.54, 1.807) is 11.8 Å². The maximum Gasteiger partial charge on any atom is 0.310 e. The number of ether oxygens (including phenoxy) is 1. The molecule has 24 heavy (non-hydrogen) atoms.